The summed E-state index contributed by atoms with van der Waals surface area (Å²) in [5.74, 6) is -1.51. The number of carbonyl (C=O) groups excluding carboxylic acids is 1. The number of aliphatic carboxylic acids is 1. The molecule has 0 saturated carbocycles. The average molecular weight is 249 g/mol. The summed E-state index contributed by atoms with van der Waals surface area (Å²) in [6.45, 7) is 7.32. The number of benzene rings is 1. The molecule has 1 rings (SSSR count). The molecular formula is C14H19NO3. The van der Waals surface area contributed by atoms with E-state index in [1.165, 1.54) is 0 Å². The van der Waals surface area contributed by atoms with Crippen LogP contribution < -0.4 is 5.32 Å². The molecule has 4 heteroatoms. The third-order valence-electron chi connectivity index (χ3n) is 2.85. The lowest BCUT2D eigenvalue weighted by Crippen LogP contribution is -2.44. The number of rotatable bonds is 4. The highest BCUT2D eigenvalue weighted by molar-refractivity contribution is 5.97. The first-order valence-corrected chi connectivity index (χ1v) is 5.94. The Bertz CT molecular complexity index is 466. The van der Waals surface area contributed by atoms with Crippen molar-refractivity contribution in [1.82, 2.24) is 5.32 Å². The number of amides is 1. The fourth-order valence-corrected chi connectivity index (χ4v) is 1.80. The largest absolute Gasteiger partial charge is 0.480 e. The van der Waals surface area contributed by atoms with Crippen LogP contribution in [0.3, 0.4) is 0 Å². The molecule has 0 fully saturated rings. The number of hydrogen-bond donors (Lipinski definition) is 2. The molecule has 1 amide bonds. The van der Waals surface area contributed by atoms with Crippen molar-refractivity contribution in [3.63, 3.8) is 0 Å². The van der Waals surface area contributed by atoms with Gasteiger partial charge in [0.2, 0.25) is 0 Å². The fourth-order valence-electron chi connectivity index (χ4n) is 1.80. The molecule has 98 valence electrons. The monoisotopic (exact) mass is 249 g/mol. The van der Waals surface area contributed by atoms with Crippen LogP contribution in [0.2, 0.25) is 0 Å². The summed E-state index contributed by atoms with van der Waals surface area (Å²) < 4.78 is 0. The van der Waals surface area contributed by atoms with Crippen LogP contribution in [0.15, 0.2) is 18.2 Å². The standard InChI is InChI=1S/C14H19NO3/c1-8(2)12(14(17)18)15-13(16)11-6-5-9(3)7-10(11)4/h5-8,12H,1-4H3,(H,15,16)(H,17,18). The van der Waals surface area contributed by atoms with Gasteiger partial charge in [-0.2, -0.15) is 0 Å². The topological polar surface area (TPSA) is 66.4 Å². The zero-order valence-corrected chi connectivity index (χ0v) is 11.2. The molecule has 0 bridgehead atoms. The summed E-state index contributed by atoms with van der Waals surface area (Å²) in [7, 11) is 0. The highest BCUT2D eigenvalue weighted by atomic mass is 16.4. The van der Waals surface area contributed by atoms with Crippen molar-refractivity contribution < 1.29 is 14.7 Å². The number of nitrogens with one attached hydrogen (secondary N) is 1. The van der Waals surface area contributed by atoms with E-state index in [1.54, 1.807) is 19.9 Å². The van der Waals surface area contributed by atoms with Crippen molar-refractivity contribution in [2.75, 3.05) is 0 Å². The third-order valence-corrected chi connectivity index (χ3v) is 2.85. The van der Waals surface area contributed by atoms with Crippen molar-refractivity contribution in [2.24, 2.45) is 5.92 Å². The molecule has 0 radical (unpaired) electrons. The molecule has 1 aromatic rings. The van der Waals surface area contributed by atoms with Gasteiger partial charge in [-0.1, -0.05) is 31.5 Å². The molecule has 18 heavy (non-hydrogen) atoms. The summed E-state index contributed by atoms with van der Waals surface area (Å²) in [6.07, 6.45) is 0. The molecule has 1 unspecified atom stereocenters. The molecule has 0 saturated heterocycles. The Labute approximate surface area is 107 Å². The molecular weight excluding hydrogens is 230 g/mol. The molecule has 2 N–H and O–H groups in total. The van der Waals surface area contributed by atoms with E-state index >= 15 is 0 Å². The average Bonchev–Trinajstić information content (AvgIpc) is 2.24. The van der Waals surface area contributed by atoms with Crippen LogP contribution in [0.5, 0.6) is 0 Å². The molecule has 0 heterocycles. The molecule has 1 atom stereocenters. The number of aryl methyl sites for hydroxylation is 2. The van der Waals surface area contributed by atoms with Crippen LogP contribution in [-0.2, 0) is 4.79 Å². The minimum Gasteiger partial charge on any atom is -0.480 e. The quantitative estimate of drug-likeness (QED) is 0.859. The van der Waals surface area contributed by atoms with E-state index in [9.17, 15) is 9.59 Å². The van der Waals surface area contributed by atoms with Gasteiger partial charge in [0, 0.05) is 5.56 Å². The minimum absolute atomic E-state index is 0.155. The fraction of sp³-hybridized carbons (Fsp3) is 0.429. The van der Waals surface area contributed by atoms with Crippen LogP contribution >= 0.6 is 0 Å². The first-order valence-electron chi connectivity index (χ1n) is 5.94. The van der Waals surface area contributed by atoms with Gasteiger partial charge < -0.3 is 10.4 Å². The molecule has 0 aliphatic carbocycles. The van der Waals surface area contributed by atoms with Crippen LogP contribution in [0, 0.1) is 19.8 Å². The van der Waals surface area contributed by atoms with Crippen molar-refractivity contribution in [3.8, 4) is 0 Å². The van der Waals surface area contributed by atoms with Crippen LogP contribution in [0.1, 0.15) is 35.3 Å². The van der Waals surface area contributed by atoms with E-state index < -0.39 is 12.0 Å². The highest BCUT2D eigenvalue weighted by Gasteiger charge is 2.24. The first kappa shape index (κ1) is 14.2. The van der Waals surface area contributed by atoms with Crippen molar-refractivity contribution in [2.45, 2.75) is 33.7 Å². The molecule has 0 aliphatic rings. The van der Waals surface area contributed by atoms with E-state index in [0.717, 1.165) is 11.1 Å². The van der Waals surface area contributed by atoms with Crippen LogP contribution in [0.4, 0.5) is 0 Å². The second kappa shape index (κ2) is 5.67. The predicted molar refractivity (Wildman–Crippen MR) is 69.6 cm³/mol. The zero-order chi connectivity index (χ0) is 13.9. The van der Waals surface area contributed by atoms with E-state index in [0.29, 0.717) is 5.56 Å². The summed E-state index contributed by atoms with van der Waals surface area (Å²) in [5.41, 5.74) is 2.44. The Balaban J connectivity index is 2.91. The first-order chi connectivity index (χ1) is 8.32. The smallest absolute Gasteiger partial charge is 0.326 e. The molecule has 0 aliphatic heterocycles. The normalized spacial score (nSPS) is 12.3. The van der Waals surface area contributed by atoms with Gasteiger partial charge in [-0.25, -0.2) is 4.79 Å². The van der Waals surface area contributed by atoms with Gasteiger partial charge in [0.05, 0.1) is 0 Å². The number of carboxylic acid groups (broad SMARTS) is 1. The Morgan fingerprint density at radius 3 is 2.28 bits per heavy atom. The van der Waals surface area contributed by atoms with Crippen molar-refractivity contribution in [3.05, 3.63) is 34.9 Å². The predicted octanol–water partition coefficient (Wildman–Crippen LogP) is 2.14. The number of carbonyl (C=O) groups is 2. The Morgan fingerprint density at radius 2 is 1.83 bits per heavy atom. The van der Waals surface area contributed by atoms with Gasteiger partial charge in [-0.3, -0.25) is 4.79 Å². The maximum absolute atomic E-state index is 12.0. The molecule has 4 nitrogen and oxygen atoms in total. The van der Waals surface area contributed by atoms with Gasteiger partial charge in [0.25, 0.3) is 5.91 Å². The van der Waals surface area contributed by atoms with Crippen molar-refractivity contribution in [1.29, 1.82) is 0 Å². The Hall–Kier alpha value is -1.84. The molecule has 0 spiro atoms. The zero-order valence-electron chi connectivity index (χ0n) is 11.2. The molecule has 0 aromatic heterocycles. The van der Waals surface area contributed by atoms with Crippen molar-refractivity contribution >= 4 is 11.9 Å². The number of carboxylic acids is 1. The van der Waals surface area contributed by atoms with Crippen LogP contribution in [-0.4, -0.2) is 23.0 Å². The summed E-state index contributed by atoms with van der Waals surface area (Å²) in [6, 6.07) is 4.60. The Kier molecular flexibility index (Phi) is 4.48. The van der Waals surface area contributed by atoms with E-state index in [2.05, 4.69) is 5.32 Å². The second-order valence-electron chi connectivity index (χ2n) is 4.85. The van der Waals surface area contributed by atoms with Gasteiger partial charge >= 0.3 is 5.97 Å². The van der Waals surface area contributed by atoms with Gasteiger partial charge in [-0.15, -0.1) is 0 Å². The van der Waals surface area contributed by atoms with E-state index in [1.807, 2.05) is 26.0 Å². The third kappa shape index (κ3) is 3.32. The number of hydrogen-bond acceptors (Lipinski definition) is 2. The summed E-state index contributed by atoms with van der Waals surface area (Å²) >= 11 is 0. The highest BCUT2D eigenvalue weighted by Crippen LogP contribution is 2.11. The lowest BCUT2D eigenvalue weighted by atomic mass is 10.0. The van der Waals surface area contributed by atoms with Gasteiger partial charge in [-0.05, 0) is 31.4 Å². The lowest BCUT2D eigenvalue weighted by Gasteiger charge is -2.18. The van der Waals surface area contributed by atoms with E-state index in [4.69, 9.17) is 5.11 Å². The maximum Gasteiger partial charge on any atom is 0.326 e. The van der Waals surface area contributed by atoms with Crippen LogP contribution in [0.25, 0.3) is 0 Å². The summed E-state index contributed by atoms with van der Waals surface area (Å²) in [4.78, 5) is 23.1. The second-order valence-corrected chi connectivity index (χ2v) is 4.85. The van der Waals surface area contributed by atoms with Gasteiger partial charge in [0.15, 0.2) is 0 Å². The minimum atomic E-state index is -1.01. The summed E-state index contributed by atoms with van der Waals surface area (Å²) in [5, 5.41) is 11.6. The molecule has 1 aromatic carbocycles. The SMILES string of the molecule is Cc1ccc(C(=O)NC(C(=O)O)C(C)C)c(C)c1. The Morgan fingerprint density at radius 1 is 1.22 bits per heavy atom. The van der Waals surface area contributed by atoms with Gasteiger partial charge in [0.1, 0.15) is 6.04 Å². The van der Waals surface area contributed by atoms with E-state index in [-0.39, 0.29) is 11.8 Å². The maximum atomic E-state index is 12.0. The lowest BCUT2D eigenvalue weighted by molar-refractivity contribution is -0.140.